The predicted molar refractivity (Wildman–Crippen MR) is 80.5 cm³/mol. The Bertz CT molecular complexity index is 533. The zero-order valence-corrected chi connectivity index (χ0v) is 12.8. The second kappa shape index (κ2) is 4.64. The van der Waals surface area contributed by atoms with Gasteiger partial charge in [0.25, 0.3) is 0 Å². The molecule has 0 amide bonds. The van der Waals surface area contributed by atoms with Gasteiger partial charge in [-0.25, -0.2) is 0 Å². The van der Waals surface area contributed by atoms with Crippen molar-refractivity contribution < 1.29 is 14.6 Å². The van der Waals surface area contributed by atoms with Crippen molar-refractivity contribution in [2.24, 2.45) is 23.7 Å². The molecule has 114 valence electrons. The standard InChI is InChI=1S/C18H24O3/c1-20-13-7-12(8-14(9-13)21-2)18(19)10-11-6-17(18)16-5-3-4-15(11)16/h7-9,11,15-17,19H,3-6,10H2,1-2H3. The van der Waals surface area contributed by atoms with Crippen LogP contribution in [0.3, 0.4) is 0 Å². The van der Waals surface area contributed by atoms with Gasteiger partial charge in [-0.05, 0) is 67.1 Å². The number of ether oxygens (including phenoxy) is 2. The predicted octanol–water partition coefficient (Wildman–Crippen LogP) is 3.35. The third kappa shape index (κ3) is 1.83. The van der Waals surface area contributed by atoms with Crippen LogP contribution in [0.15, 0.2) is 18.2 Å². The summed E-state index contributed by atoms with van der Waals surface area (Å²) in [5.74, 6) is 4.28. The van der Waals surface area contributed by atoms with Crippen LogP contribution in [0.5, 0.6) is 11.5 Å². The SMILES string of the molecule is COc1cc(OC)cc(C2(O)CC3CC2C2CCCC32)c1. The summed E-state index contributed by atoms with van der Waals surface area (Å²) in [5.41, 5.74) is 0.300. The van der Waals surface area contributed by atoms with E-state index in [1.807, 2.05) is 18.2 Å². The molecule has 0 saturated heterocycles. The van der Waals surface area contributed by atoms with E-state index >= 15 is 0 Å². The van der Waals surface area contributed by atoms with Crippen molar-refractivity contribution in [3.63, 3.8) is 0 Å². The Labute approximate surface area is 126 Å². The summed E-state index contributed by atoms with van der Waals surface area (Å²) >= 11 is 0. The van der Waals surface area contributed by atoms with E-state index in [-0.39, 0.29) is 0 Å². The van der Waals surface area contributed by atoms with E-state index < -0.39 is 5.60 Å². The van der Waals surface area contributed by atoms with Crippen molar-refractivity contribution in [1.82, 2.24) is 0 Å². The Morgan fingerprint density at radius 3 is 2.38 bits per heavy atom. The number of hydrogen-bond acceptors (Lipinski definition) is 3. The number of benzene rings is 1. The Morgan fingerprint density at radius 1 is 1.05 bits per heavy atom. The molecule has 5 unspecified atom stereocenters. The van der Waals surface area contributed by atoms with Crippen molar-refractivity contribution in [3.8, 4) is 11.5 Å². The molecule has 0 spiro atoms. The van der Waals surface area contributed by atoms with Crippen LogP contribution in [-0.2, 0) is 5.60 Å². The molecule has 4 rings (SSSR count). The molecule has 0 aromatic heterocycles. The first kappa shape index (κ1) is 13.4. The minimum atomic E-state index is -0.683. The summed E-state index contributed by atoms with van der Waals surface area (Å²) in [4.78, 5) is 0. The highest BCUT2D eigenvalue weighted by Crippen LogP contribution is 2.65. The number of fused-ring (bicyclic) bond motifs is 5. The molecule has 2 bridgehead atoms. The lowest BCUT2D eigenvalue weighted by atomic mass is 9.70. The van der Waals surface area contributed by atoms with E-state index in [4.69, 9.17) is 9.47 Å². The second-order valence-corrected chi connectivity index (χ2v) is 7.09. The van der Waals surface area contributed by atoms with Crippen LogP contribution >= 0.6 is 0 Å². The monoisotopic (exact) mass is 288 g/mol. The average molecular weight is 288 g/mol. The molecule has 0 heterocycles. The molecule has 1 aromatic rings. The van der Waals surface area contributed by atoms with Crippen molar-refractivity contribution in [3.05, 3.63) is 23.8 Å². The Morgan fingerprint density at radius 2 is 1.71 bits per heavy atom. The van der Waals surface area contributed by atoms with Gasteiger partial charge in [-0.3, -0.25) is 0 Å². The summed E-state index contributed by atoms with van der Waals surface area (Å²) in [6.45, 7) is 0. The first-order valence-corrected chi connectivity index (χ1v) is 8.11. The topological polar surface area (TPSA) is 38.7 Å². The van der Waals surface area contributed by atoms with Gasteiger partial charge in [0.05, 0.1) is 19.8 Å². The van der Waals surface area contributed by atoms with E-state index in [0.29, 0.717) is 11.8 Å². The highest BCUT2D eigenvalue weighted by Gasteiger charge is 2.60. The Balaban J connectivity index is 1.73. The van der Waals surface area contributed by atoms with Crippen LogP contribution in [0.1, 0.15) is 37.7 Å². The first-order valence-electron chi connectivity index (χ1n) is 8.11. The minimum Gasteiger partial charge on any atom is -0.497 e. The maximum absolute atomic E-state index is 11.4. The molecular formula is C18H24O3. The van der Waals surface area contributed by atoms with E-state index in [2.05, 4.69) is 0 Å². The van der Waals surface area contributed by atoms with Crippen molar-refractivity contribution in [2.45, 2.75) is 37.7 Å². The lowest BCUT2D eigenvalue weighted by molar-refractivity contribution is -0.0514. The van der Waals surface area contributed by atoms with Crippen LogP contribution in [0.25, 0.3) is 0 Å². The molecule has 3 fully saturated rings. The molecule has 3 saturated carbocycles. The third-order valence-corrected chi connectivity index (χ3v) is 6.34. The van der Waals surface area contributed by atoms with E-state index in [0.717, 1.165) is 35.3 Å². The molecule has 3 aliphatic carbocycles. The van der Waals surface area contributed by atoms with E-state index in [9.17, 15) is 5.11 Å². The molecule has 21 heavy (non-hydrogen) atoms. The van der Waals surface area contributed by atoms with E-state index in [1.165, 1.54) is 25.7 Å². The second-order valence-electron chi connectivity index (χ2n) is 7.09. The van der Waals surface area contributed by atoms with Crippen LogP contribution in [0, 0.1) is 23.7 Å². The number of methoxy groups -OCH3 is 2. The Hall–Kier alpha value is -1.22. The van der Waals surface area contributed by atoms with Gasteiger partial charge in [0.2, 0.25) is 0 Å². The van der Waals surface area contributed by atoms with Gasteiger partial charge in [-0.2, -0.15) is 0 Å². The van der Waals surface area contributed by atoms with Gasteiger partial charge < -0.3 is 14.6 Å². The summed E-state index contributed by atoms with van der Waals surface area (Å²) in [6.07, 6.45) is 6.14. The average Bonchev–Trinajstić information content (AvgIpc) is 3.18. The molecule has 1 aromatic carbocycles. The largest absolute Gasteiger partial charge is 0.497 e. The highest BCUT2D eigenvalue weighted by atomic mass is 16.5. The molecule has 5 atom stereocenters. The fraction of sp³-hybridized carbons (Fsp3) is 0.667. The van der Waals surface area contributed by atoms with Gasteiger partial charge in [-0.1, -0.05) is 6.42 Å². The van der Waals surface area contributed by atoms with Gasteiger partial charge >= 0.3 is 0 Å². The van der Waals surface area contributed by atoms with Gasteiger partial charge in [0.1, 0.15) is 11.5 Å². The smallest absolute Gasteiger partial charge is 0.122 e. The summed E-state index contributed by atoms with van der Waals surface area (Å²) in [6, 6.07) is 5.86. The van der Waals surface area contributed by atoms with Crippen LogP contribution in [0.4, 0.5) is 0 Å². The minimum absolute atomic E-state index is 0.423. The number of aliphatic hydroxyl groups is 1. The van der Waals surface area contributed by atoms with Gasteiger partial charge in [-0.15, -0.1) is 0 Å². The van der Waals surface area contributed by atoms with Gasteiger partial charge in [0.15, 0.2) is 0 Å². The lowest BCUT2D eigenvalue weighted by Gasteiger charge is -2.39. The van der Waals surface area contributed by atoms with Crippen LogP contribution in [0.2, 0.25) is 0 Å². The molecular weight excluding hydrogens is 264 g/mol. The van der Waals surface area contributed by atoms with E-state index in [1.54, 1.807) is 14.2 Å². The summed E-state index contributed by atoms with van der Waals surface area (Å²) in [7, 11) is 3.33. The molecule has 3 heteroatoms. The molecule has 3 aliphatic rings. The number of hydrogen-bond donors (Lipinski definition) is 1. The summed E-state index contributed by atoms with van der Waals surface area (Å²) < 4.78 is 10.8. The quantitative estimate of drug-likeness (QED) is 0.927. The fourth-order valence-electron chi connectivity index (χ4n) is 5.50. The van der Waals surface area contributed by atoms with Crippen molar-refractivity contribution >= 4 is 0 Å². The van der Waals surface area contributed by atoms with Crippen LogP contribution < -0.4 is 9.47 Å². The third-order valence-electron chi connectivity index (χ3n) is 6.34. The lowest BCUT2D eigenvalue weighted by Crippen LogP contribution is -2.39. The molecule has 1 N–H and O–H groups in total. The summed E-state index contributed by atoms with van der Waals surface area (Å²) in [5, 5.41) is 11.4. The zero-order chi connectivity index (χ0) is 14.6. The molecule has 3 nitrogen and oxygen atoms in total. The number of rotatable bonds is 3. The van der Waals surface area contributed by atoms with Crippen LogP contribution in [-0.4, -0.2) is 19.3 Å². The normalized spacial score (nSPS) is 40.3. The highest BCUT2D eigenvalue weighted by molar-refractivity contribution is 5.42. The maximum atomic E-state index is 11.4. The van der Waals surface area contributed by atoms with Crippen molar-refractivity contribution in [1.29, 1.82) is 0 Å². The maximum Gasteiger partial charge on any atom is 0.122 e. The zero-order valence-electron chi connectivity index (χ0n) is 12.8. The molecule has 0 aliphatic heterocycles. The first-order chi connectivity index (χ1) is 10.2. The Kier molecular flexibility index (Phi) is 2.97. The van der Waals surface area contributed by atoms with Gasteiger partial charge in [0, 0.05) is 6.07 Å². The fourth-order valence-corrected chi connectivity index (χ4v) is 5.50. The molecule has 0 radical (unpaired) electrons. The van der Waals surface area contributed by atoms with Crippen molar-refractivity contribution in [2.75, 3.05) is 14.2 Å².